The van der Waals surface area contributed by atoms with Gasteiger partial charge in [-0.2, -0.15) is 10.2 Å². The van der Waals surface area contributed by atoms with Crippen molar-refractivity contribution in [2.24, 2.45) is 5.92 Å². The van der Waals surface area contributed by atoms with Crippen LogP contribution in [0.2, 0.25) is 0 Å². The van der Waals surface area contributed by atoms with Crippen molar-refractivity contribution >= 4 is 35.8 Å². The topological polar surface area (TPSA) is 160 Å². The number of nitrogen functional groups attached to an aromatic ring is 1. The third-order valence-electron chi connectivity index (χ3n) is 7.52. The average molecular weight is 584 g/mol. The summed E-state index contributed by atoms with van der Waals surface area (Å²) in [5, 5.41) is 19.8. The molecule has 0 aliphatic carbocycles. The fourth-order valence-corrected chi connectivity index (χ4v) is 6.64. The van der Waals surface area contributed by atoms with Crippen LogP contribution in [0.5, 0.6) is 5.75 Å². The van der Waals surface area contributed by atoms with E-state index in [0.29, 0.717) is 28.2 Å². The van der Waals surface area contributed by atoms with Gasteiger partial charge in [-0.25, -0.2) is 14.1 Å². The molecule has 1 saturated heterocycles. The van der Waals surface area contributed by atoms with Gasteiger partial charge in [0.25, 0.3) is 0 Å². The summed E-state index contributed by atoms with van der Waals surface area (Å²) in [6, 6.07) is 15.4. The normalized spacial score (nSPS) is 24.8. The Morgan fingerprint density at radius 2 is 2.00 bits per heavy atom. The van der Waals surface area contributed by atoms with Crippen LogP contribution in [0.1, 0.15) is 33.4 Å². The molecule has 0 spiro atoms. The lowest BCUT2D eigenvalue weighted by molar-refractivity contribution is -0.144. The second-order valence-electron chi connectivity index (χ2n) is 10.2. The van der Waals surface area contributed by atoms with Gasteiger partial charge in [0.05, 0.1) is 25.0 Å². The Morgan fingerprint density at radius 1 is 1.24 bits per heavy atom. The van der Waals surface area contributed by atoms with Gasteiger partial charge in [0.15, 0.2) is 5.82 Å². The molecule has 41 heavy (non-hydrogen) atoms. The lowest BCUT2D eigenvalue weighted by Gasteiger charge is -2.28. The average Bonchev–Trinajstić information content (AvgIpc) is 3.49. The molecule has 5 rings (SSSR count). The minimum absolute atomic E-state index is 0.157. The minimum Gasteiger partial charge on any atom is -0.465 e. The molecule has 13 heteroatoms. The Labute approximate surface area is 237 Å². The van der Waals surface area contributed by atoms with Crippen molar-refractivity contribution in [3.8, 4) is 5.75 Å². The Morgan fingerprint density at radius 3 is 2.78 bits per heavy atom. The van der Waals surface area contributed by atoms with Crippen LogP contribution in [0.25, 0.3) is 16.3 Å². The van der Waals surface area contributed by atoms with E-state index in [1.165, 1.54) is 13.3 Å². The number of nitrogens with one attached hydrogen (secondary N) is 1. The molecule has 0 saturated carbocycles. The summed E-state index contributed by atoms with van der Waals surface area (Å²) >= 11 is 0. The van der Waals surface area contributed by atoms with Crippen molar-refractivity contribution in [2.45, 2.75) is 51.5 Å². The maximum Gasteiger partial charge on any atom is 0.459 e. The number of carbonyl (C=O) groups is 1. The summed E-state index contributed by atoms with van der Waals surface area (Å²) in [6.45, 7) is 6.73. The maximum absolute atomic E-state index is 14.2. The highest BCUT2D eigenvalue weighted by Gasteiger charge is 2.52. The number of esters is 1. The van der Waals surface area contributed by atoms with Gasteiger partial charge in [-0.05, 0) is 44.4 Å². The van der Waals surface area contributed by atoms with Gasteiger partial charge in [-0.3, -0.25) is 9.32 Å². The van der Waals surface area contributed by atoms with Gasteiger partial charge < -0.3 is 24.8 Å². The summed E-state index contributed by atoms with van der Waals surface area (Å²) in [7, 11) is -4.21. The molecule has 0 bridgehead atoms. The number of aliphatic hydroxyl groups is 1. The molecular formula is C28H34N5O7P. The van der Waals surface area contributed by atoms with Crippen molar-refractivity contribution in [3.05, 3.63) is 66.6 Å². The van der Waals surface area contributed by atoms with Crippen LogP contribution < -0.4 is 15.3 Å². The zero-order valence-electron chi connectivity index (χ0n) is 23.3. The first kappa shape index (κ1) is 29.0. The molecule has 218 valence electrons. The molecule has 1 aliphatic rings. The van der Waals surface area contributed by atoms with Crippen LogP contribution >= 0.6 is 7.75 Å². The number of aliphatic hydroxyl groups excluding tert-OH is 1. The number of rotatable bonds is 10. The van der Waals surface area contributed by atoms with Crippen molar-refractivity contribution in [1.82, 2.24) is 19.7 Å². The van der Waals surface area contributed by atoms with Gasteiger partial charge >= 0.3 is 13.7 Å². The molecule has 0 amide bonds. The Bertz CT molecular complexity index is 1610. The SMILES string of the molecule is CCOC(=O)C(C)NP(=O)(OCC1OC(C)(c2ccc3c(N)ncnn23)C(C)C1O)Oc1cccc2ccccc12. The van der Waals surface area contributed by atoms with Gasteiger partial charge in [0, 0.05) is 11.3 Å². The summed E-state index contributed by atoms with van der Waals surface area (Å²) in [5.74, 6) is -0.403. The van der Waals surface area contributed by atoms with E-state index in [4.69, 9.17) is 24.3 Å². The first-order valence-electron chi connectivity index (χ1n) is 13.4. The number of fused-ring (bicyclic) bond motifs is 2. The number of ether oxygens (including phenoxy) is 2. The summed E-state index contributed by atoms with van der Waals surface area (Å²) in [4.78, 5) is 16.4. The van der Waals surface area contributed by atoms with Crippen molar-refractivity contribution < 1.29 is 33.0 Å². The van der Waals surface area contributed by atoms with Gasteiger partial charge in [-0.15, -0.1) is 0 Å². The predicted octanol–water partition coefficient (Wildman–Crippen LogP) is 3.82. The fourth-order valence-electron chi connectivity index (χ4n) is 5.12. The molecule has 4 aromatic rings. The number of hydrogen-bond acceptors (Lipinski definition) is 10. The van der Waals surface area contributed by atoms with Crippen LogP contribution in [0.4, 0.5) is 5.82 Å². The van der Waals surface area contributed by atoms with Gasteiger partial charge in [0.1, 0.15) is 35.3 Å². The lowest BCUT2D eigenvalue weighted by Crippen LogP contribution is -2.36. The molecule has 4 N–H and O–H groups in total. The number of benzene rings is 2. The number of nitrogens with zero attached hydrogens (tertiary/aromatic N) is 3. The van der Waals surface area contributed by atoms with Crippen LogP contribution in [0.3, 0.4) is 0 Å². The predicted molar refractivity (Wildman–Crippen MR) is 152 cm³/mol. The highest BCUT2D eigenvalue weighted by molar-refractivity contribution is 7.52. The van der Waals surface area contributed by atoms with E-state index >= 15 is 0 Å². The van der Waals surface area contributed by atoms with Crippen molar-refractivity contribution in [2.75, 3.05) is 18.9 Å². The monoisotopic (exact) mass is 583 g/mol. The summed E-state index contributed by atoms with van der Waals surface area (Å²) < 4.78 is 39.1. The van der Waals surface area contributed by atoms with Crippen molar-refractivity contribution in [3.63, 3.8) is 0 Å². The molecule has 1 fully saturated rings. The third kappa shape index (κ3) is 5.53. The highest BCUT2D eigenvalue weighted by Crippen LogP contribution is 2.49. The largest absolute Gasteiger partial charge is 0.465 e. The quantitative estimate of drug-likeness (QED) is 0.184. The Hall–Kier alpha value is -3.54. The summed E-state index contributed by atoms with van der Waals surface area (Å²) in [5.41, 5.74) is 6.29. The third-order valence-corrected chi connectivity index (χ3v) is 9.15. The van der Waals surface area contributed by atoms with E-state index in [1.807, 2.05) is 50.2 Å². The molecule has 2 aromatic carbocycles. The number of hydrogen-bond donors (Lipinski definition) is 3. The van der Waals surface area contributed by atoms with Gasteiger partial charge in [0.2, 0.25) is 0 Å². The van der Waals surface area contributed by atoms with E-state index in [-0.39, 0.29) is 13.2 Å². The molecule has 6 atom stereocenters. The number of carbonyl (C=O) groups excluding carboxylic acids is 1. The second-order valence-corrected chi connectivity index (χ2v) is 11.9. The molecule has 1 aliphatic heterocycles. The molecular weight excluding hydrogens is 549 g/mol. The first-order chi connectivity index (χ1) is 19.6. The number of anilines is 1. The Balaban J connectivity index is 1.41. The zero-order chi connectivity index (χ0) is 29.4. The first-order valence-corrected chi connectivity index (χ1v) is 14.9. The Kier molecular flexibility index (Phi) is 8.04. The minimum atomic E-state index is -4.21. The van der Waals surface area contributed by atoms with Gasteiger partial charge in [-0.1, -0.05) is 43.3 Å². The van der Waals surface area contributed by atoms with E-state index in [0.717, 1.165) is 5.39 Å². The molecule has 3 heterocycles. The van der Waals surface area contributed by atoms with E-state index < -0.39 is 43.5 Å². The van der Waals surface area contributed by atoms with E-state index in [1.54, 1.807) is 29.6 Å². The van der Waals surface area contributed by atoms with Crippen LogP contribution in [0.15, 0.2) is 60.9 Å². The lowest BCUT2D eigenvalue weighted by atomic mass is 9.85. The standard InChI is InChI=1S/C28H34N5O7P/c1-5-37-27(35)18(3)32-41(36,40-22-12-8-10-19-9-6-7-11-20(19)22)38-15-23-25(34)17(2)28(4,39-23)24-14-13-21-26(29)30-16-31-33(21)24/h6-14,16-18,23,25,34H,5,15H2,1-4H3,(H,32,36)(H2,29,30,31). The maximum atomic E-state index is 14.2. The molecule has 0 radical (unpaired) electrons. The van der Waals surface area contributed by atoms with Crippen LogP contribution in [0, 0.1) is 5.92 Å². The second kappa shape index (κ2) is 11.4. The fraction of sp³-hybridized carbons (Fsp3) is 0.393. The van der Waals surface area contributed by atoms with E-state index in [9.17, 15) is 14.5 Å². The smallest absolute Gasteiger partial charge is 0.459 e. The van der Waals surface area contributed by atoms with Crippen LogP contribution in [-0.2, 0) is 29.0 Å². The van der Waals surface area contributed by atoms with Crippen molar-refractivity contribution in [1.29, 1.82) is 0 Å². The van der Waals surface area contributed by atoms with Crippen LogP contribution in [-0.4, -0.2) is 57.1 Å². The molecule has 6 unspecified atom stereocenters. The number of aromatic nitrogens is 3. The summed E-state index contributed by atoms with van der Waals surface area (Å²) in [6.07, 6.45) is -0.523. The molecule has 12 nitrogen and oxygen atoms in total. The zero-order valence-corrected chi connectivity index (χ0v) is 24.2. The molecule has 2 aromatic heterocycles. The van der Waals surface area contributed by atoms with E-state index in [2.05, 4.69) is 15.2 Å². The number of nitrogens with two attached hydrogens (primary N) is 1. The highest BCUT2D eigenvalue weighted by atomic mass is 31.2.